The molecule has 1 saturated heterocycles. The van der Waals surface area contributed by atoms with Crippen LogP contribution in [0.1, 0.15) is 24.1 Å². The number of piperazine rings is 1. The van der Waals surface area contributed by atoms with Gasteiger partial charge in [-0.1, -0.05) is 36.4 Å². The van der Waals surface area contributed by atoms with Gasteiger partial charge < -0.3 is 15.0 Å². The molecule has 1 fully saturated rings. The summed E-state index contributed by atoms with van der Waals surface area (Å²) in [7, 11) is 1.59. The van der Waals surface area contributed by atoms with Gasteiger partial charge in [0.15, 0.2) is 0 Å². The van der Waals surface area contributed by atoms with Crippen LogP contribution >= 0.6 is 0 Å². The largest absolute Gasteiger partial charge is 0.495 e. The van der Waals surface area contributed by atoms with Crippen LogP contribution < -0.4 is 10.1 Å². The van der Waals surface area contributed by atoms with Crippen LogP contribution in [0, 0.1) is 6.92 Å². The van der Waals surface area contributed by atoms with E-state index >= 15 is 0 Å². The highest BCUT2D eigenvalue weighted by Gasteiger charge is 2.31. The molecule has 6 nitrogen and oxygen atoms in total. The first-order chi connectivity index (χ1) is 13.5. The SMILES string of the molecule is COc1ccc(C)cc1NC(=O)[C@@H](c1ccccc1)N1CCN(C(C)=O)CC1. The summed E-state index contributed by atoms with van der Waals surface area (Å²) in [5, 5.41) is 3.05. The number of methoxy groups -OCH3 is 1. The van der Waals surface area contributed by atoms with Gasteiger partial charge in [-0.05, 0) is 30.2 Å². The first kappa shape index (κ1) is 19.9. The highest BCUT2D eigenvalue weighted by molar-refractivity contribution is 5.97. The summed E-state index contributed by atoms with van der Waals surface area (Å²) >= 11 is 0. The molecule has 2 aromatic carbocycles. The lowest BCUT2D eigenvalue weighted by molar-refractivity contribution is -0.131. The van der Waals surface area contributed by atoms with Crippen molar-refractivity contribution in [2.24, 2.45) is 0 Å². The Balaban J connectivity index is 1.85. The molecule has 0 unspecified atom stereocenters. The molecular formula is C22H27N3O3. The molecule has 1 N–H and O–H groups in total. The van der Waals surface area contributed by atoms with E-state index in [2.05, 4.69) is 10.2 Å². The third-order valence-corrected chi connectivity index (χ3v) is 5.10. The standard InChI is InChI=1S/C22H27N3O3/c1-16-9-10-20(28-3)19(15-16)23-22(27)21(18-7-5-4-6-8-18)25-13-11-24(12-14-25)17(2)26/h4-10,15,21H,11-14H2,1-3H3,(H,23,27)/t21-/m1/s1. The summed E-state index contributed by atoms with van der Waals surface area (Å²) < 4.78 is 5.40. The van der Waals surface area contributed by atoms with E-state index in [1.165, 1.54) is 0 Å². The molecule has 0 aromatic heterocycles. The first-order valence-corrected chi connectivity index (χ1v) is 9.49. The Morgan fingerprint density at radius 1 is 1.04 bits per heavy atom. The lowest BCUT2D eigenvalue weighted by Gasteiger charge is -2.38. The Kier molecular flexibility index (Phi) is 6.31. The Morgan fingerprint density at radius 2 is 1.71 bits per heavy atom. The van der Waals surface area contributed by atoms with Crippen LogP contribution in [-0.4, -0.2) is 54.9 Å². The maximum Gasteiger partial charge on any atom is 0.246 e. The number of carbonyl (C=O) groups is 2. The zero-order valence-corrected chi connectivity index (χ0v) is 16.6. The molecule has 2 amide bonds. The summed E-state index contributed by atoms with van der Waals surface area (Å²) in [5.74, 6) is 0.600. The van der Waals surface area contributed by atoms with Crippen molar-refractivity contribution in [2.75, 3.05) is 38.6 Å². The summed E-state index contributed by atoms with van der Waals surface area (Å²) in [6.07, 6.45) is 0. The second-order valence-corrected chi connectivity index (χ2v) is 7.05. The maximum atomic E-state index is 13.3. The van der Waals surface area contributed by atoms with Crippen molar-refractivity contribution < 1.29 is 14.3 Å². The molecule has 1 atom stereocenters. The van der Waals surface area contributed by atoms with Gasteiger partial charge in [-0.3, -0.25) is 14.5 Å². The van der Waals surface area contributed by atoms with Crippen LogP contribution in [0.2, 0.25) is 0 Å². The Bertz CT molecular complexity index is 830. The van der Waals surface area contributed by atoms with Crippen LogP contribution in [0.3, 0.4) is 0 Å². The molecular weight excluding hydrogens is 354 g/mol. The van der Waals surface area contributed by atoms with Gasteiger partial charge in [0.1, 0.15) is 11.8 Å². The first-order valence-electron chi connectivity index (χ1n) is 9.49. The van der Waals surface area contributed by atoms with E-state index in [0.717, 1.165) is 11.1 Å². The fourth-order valence-corrected chi connectivity index (χ4v) is 3.58. The molecule has 0 aliphatic carbocycles. The predicted octanol–water partition coefficient (Wildman–Crippen LogP) is 2.85. The van der Waals surface area contributed by atoms with Crippen LogP contribution in [0.15, 0.2) is 48.5 Å². The number of aryl methyl sites for hydroxylation is 1. The normalized spacial score (nSPS) is 15.8. The average Bonchev–Trinajstić information content (AvgIpc) is 2.69. The zero-order chi connectivity index (χ0) is 20.1. The number of benzene rings is 2. The molecule has 1 heterocycles. The fourth-order valence-electron chi connectivity index (χ4n) is 3.58. The molecule has 0 spiro atoms. The number of anilines is 1. The predicted molar refractivity (Wildman–Crippen MR) is 109 cm³/mol. The summed E-state index contributed by atoms with van der Waals surface area (Å²) in [4.78, 5) is 28.9. The minimum absolute atomic E-state index is 0.0739. The minimum atomic E-state index is -0.430. The van der Waals surface area contributed by atoms with Crippen LogP contribution in [-0.2, 0) is 9.59 Å². The van der Waals surface area contributed by atoms with E-state index in [4.69, 9.17) is 4.74 Å². The van der Waals surface area contributed by atoms with Gasteiger partial charge in [-0.25, -0.2) is 0 Å². The number of nitrogens with zero attached hydrogens (tertiary/aromatic N) is 2. The van der Waals surface area contributed by atoms with Crippen molar-refractivity contribution in [1.82, 2.24) is 9.80 Å². The molecule has 6 heteroatoms. The van der Waals surface area contributed by atoms with E-state index in [9.17, 15) is 9.59 Å². The zero-order valence-electron chi connectivity index (χ0n) is 16.6. The lowest BCUT2D eigenvalue weighted by Crippen LogP contribution is -2.51. The van der Waals surface area contributed by atoms with E-state index in [0.29, 0.717) is 37.6 Å². The molecule has 1 aliphatic heterocycles. The van der Waals surface area contributed by atoms with Gasteiger partial charge in [-0.2, -0.15) is 0 Å². The van der Waals surface area contributed by atoms with Crippen molar-refractivity contribution in [1.29, 1.82) is 0 Å². The van der Waals surface area contributed by atoms with Crippen LogP contribution in [0.25, 0.3) is 0 Å². The van der Waals surface area contributed by atoms with Crippen molar-refractivity contribution in [2.45, 2.75) is 19.9 Å². The average molecular weight is 381 g/mol. The number of hydrogen-bond acceptors (Lipinski definition) is 4. The minimum Gasteiger partial charge on any atom is -0.495 e. The van der Waals surface area contributed by atoms with Gasteiger partial charge in [0.05, 0.1) is 12.8 Å². The van der Waals surface area contributed by atoms with Crippen molar-refractivity contribution in [3.63, 3.8) is 0 Å². The molecule has 2 aromatic rings. The molecule has 3 rings (SSSR count). The fraction of sp³-hybridized carbons (Fsp3) is 0.364. The maximum absolute atomic E-state index is 13.3. The molecule has 0 saturated carbocycles. The number of amides is 2. The summed E-state index contributed by atoms with van der Waals surface area (Å²) in [6.45, 7) is 6.11. The van der Waals surface area contributed by atoms with Crippen molar-refractivity contribution in [3.8, 4) is 5.75 Å². The number of hydrogen-bond donors (Lipinski definition) is 1. The van der Waals surface area contributed by atoms with Gasteiger partial charge in [0.2, 0.25) is 11.8 Å². The van der Waals surface area contributed by atoms with Gasteiger partial charge in [0.25, 0.3) is 0 Å². The lowest BCUT2D eigenvalue weighted by atomic mass is 10.0. The van der Waals surface area contributed by atoms with Gasteiger partial charge in [-0.15, -0.1) is 0 Å². The quantitative estimate of drug-likeness (QED) is 0.865. The number of nitrogens with one attached hydrogen (secondary N) is 1. The highest BCUT2D eigenvalue weighted by Crippen LogP contribution is 2.29. The molecule has 0 bridgehead atoms. The second-order valence-electron chi connectivity index (χ2n) is 7.05. The summed E-state index contributed by atoms with van der Waals surface area (Å²) in [6, 6.07) is 15.0. The Labute approximate surface area is 166 Å². The number of ether oxygens (including phenoxy) is 1. The van der Waals surface area contributed by atoms with Crippen molar-refractivity contribution >= 4 is 17.5 Å². The molecule has 0 radical (unpaired) electrons. The third-order valence-electron chi connectivity index (χ3n) is 5.10. The van der Waals surface area contributed by atoms with E-state index < -0.39 is 6.04 Å². The Morgan fingerprint density at radius 3 is 2.32 bits per heavy atom. The number of carbonyl (C=O) groups excluding carboxylic acids is 2. The van der Waals surface area contributed by atoms with E-state index in [1.54, 1.807) is 14.0 Å². The second kappa shape index (κ2) is 8.89. The van der Waals surface area contributed by atoms with Crippen molar-refractivity contribution in [3.05, 3.63) is 59.7 Å². The van der Waals surface area contributed by atoms with E-state index in [-0.39, 0.29) is 11.8 Å². The van der Waals surface area contributed by atoms with Gasteiger partial charge in [0, 0.05) is 33.1 Å². The van der Waals surface area contributed by atoms with Gasteiger partial charge >= 0.3 is 0 Å². The molecule has 28 heavy (non-hydrogen) atoms. The third kappa shape index (κ3) is 4.51. The van der Waals surface area contributed by atoms with Crippen LogP contribution in [0.4, 0.5) is 5.69 Å². The van der Waals surface area contributed by atoms with Crippen LogP contribution in [0.5, 0.6) is 5.75 Å². The topological polar surface area (TPSA) is 61.9 Å². The van der Waals surface area contributed by atoms with E-state index in [1.807, 2.05) is 60.4 Å². The summed E-state index contributed by atoms with van der Waals surface area (Å²) in [5.41, 5.74) is 2.64. The molecule has 148 valence electrons. The Hall–Kier alpha value is -2.86. The number of rotatable bonds is 5. The monoisotopic (exact) mass is 381 g/mol. The smallest absolute Gasteiger partial charge is 0.246 e. The highest BCUT2D eigenvalue weighted by atomic mass is 16.5. The molecule has 1 aliphatic rings.